The summed E-state index contributed by atoms with van der Waals surface area (Å²) in [7, 11) is 0. The Labute approximate surface area is 105 Å². The lowest BCUT2D eigenvalue weighted by Crippen LogP contribution is -2.31. The lowest BCUT2D eigenvalue weighted by molar-refractivity contribution is -0.114. The summed E-state index contributed by atoms with van der Waals surface area (Å²) in [5.74, 6) is 2.59. The van der Waals surface area contributed by atoms with Crippen LogP contribution in [0.15, 0.2) is 11.6 Å². The normalized spacial score (nSPS) is 46.6. The summed E-state index contributed by atoms with van der Waals surface area (Å²) < 4.78 is 0. The number of hydrogen-bond donors (Lipinski definition) is 0. The van der Waals surface area contributed by atoms with E-state index in [1.807, 2.05) is 0 Å². The monoisotopic (exact) mass is 232 g/mol. The van der Waals surface area contributed by atoms with Crippen molar-refractivity contribution in [3.63, 3.8) is 0 Å². The second-order valence-corrected chi connectivity index (χ2v) is 7.32. The maximum atomic E-state index is 11.8. The van der Waals surface area contributed by atoms with E-state index in [1.165, 1.54) is 19.3 Å². The van der Waals surface area contributed by atoms with Crippen LogP contribution < -0.4 is 0 Å². The second-order valence-electron chi connectivity index (χ2n) is 7.32. The van der Waals surface area contributed by atoms with Gasteiger partial charge in [0.2, 0.25) is 0 Å². The van der Waals surface area contributed by atoms with Crippen LogP contribution in [-0.2, 0) is 4.79 Å². The molecule has 2 saturated carbocycles. The maximum absolute atomic E-state index is 11.8. The van der Waals surface area contributed by atoms with Crippen LogP contribution in [0, 0.1) is 28.6 Å². The molecule has 0 amide bonds. The van der Waals surface area contributed by atoms with E-state index in [9.17, 15) is 4.79 Å². The van der Waals surface area contributed by atoms with Gasteiger partial charge in [-0.3, -0.25) is 4.79 Å². The van der Waals surface area contributed by atoms with Gasteiger partial charge in [0.05, 0.1) is 0 Å². The molecule has 0 aliphatic heterocycles. The van der Waals surface area contributed by atoms with Gasteiger partial charge < -0.3 is 0 Å². The summed E-state index contributed by atoms with van der Waals surface area (Å²) in [6.07, 6.45) is 7.46. The minimum Gasteiger partial charge on any atom is -0.295 e. The lowest BCUT2D eigenvalue weighted by Gasteiger charge is -2.38. The highest BCUT2D eigenvalue weighted by Gasteiger charge is 2.63. The average Bonchev–Trinajstić information content (AvgIpc) is 2.62. The lowest BCUT2D eigenvalue weighted by atomic mass is 9.66. The van der Waals surface area contributed by atoms with E-state index in [0.29, 0.717) is 22.5 Å². The number of rotatable bonds is 1. The highest BCUT2D eigenvalue weighted by atomic mass is 16.1. The van der Waals surface area contributed by atoms with Crippen molar-refractivity contribution in [2.24, 2.45) is 28.6 Å². The highest BCUT2D eigenvalue weighted by molar-refractivity contribution is 5.93. The Morgan fingerprint density at radius 2 is 2.06 bits per heavy atom. The number of carbonyl (C=O) groups is 1. The van der Waals surface area contributed by atoms with E-state index in [1.54, 1.807) is 6.92 Å². The van der Waals surface area contributed by atoms with E-state index in [2.05, 4.69) is 26.8 Å². The number of ketones is 1. The molecule has 17 heavy (non-hydrogen) atoms. The molecule has 4 atom stereocenters. The van der Waals surface area contributed by atoms with Gasteiger partial charge >= 0.3 is 0 Å². The van der Waals surface area contributed by atoms with Crippen LogP contribution in [0.3, 0.4) is 0 Å². The summed E-state index contributed by atoms with van der Waals surface area (Å²) in [6, 6.07) is 0. The minimum atomic E-state index is 0.310. The number of hydrogen-bond acceptors (Lipinski definition) is 1. The third kappa shape index (κ3) is 1.29. The summed E-state index contributed by atoms with van der Waals surface area (Å²) in [6.45, 7) is 9.03. The van der Waals surface area contributed by atoms with E-state index < -0.39 is 0 Å². The zero-order chi connectivity index (χ0) is 12.4. The Bertz CT molecular complexity index is 404. The fourth-order valence-electron chi connectivity index (χ4n) is 5.26. The number of carbonyl (C=O) groups excluding carboxylic acids is 1. The third-order valence-corrected chi connectivity index (χ3v) is 6.39. The molecule has 0 N–H and O–H groups in total. The Kier molecular flexibility index (Phi) is 2.19. The number of fused-ring (bicyclic) bond motifs is 1. The molecule has 1 nitrogen and oxygen atoms in total. The van der Waals surface area contributed by atoms with Crippen LogP contribution in [-0.4, -0.2) is 5.78 Å². The Morgan fingerprint density at radius 1 is 1.35 bits per heavy atom. The summed E-state index contributed by atoms with van der Waals surface area (Å²) in [5, 5.41) is 0. The molecule has 0 radical (unpaired) electrons. The predicted octanol–water partition coefficient (Wildman–Crippen LogP) is 3.98. The predicted molar refractivity (Wildman–Crippen MR) is 69.6 cm³/mol. The molecule has 2 bridgehead atoms. The van der Waals surface area contributed by atoms with Crippen molar-refractivity contribution in [2.75, 3.05) is 0 Å². The minimum absolute atomic E-state index is 0.310. The smallest absolute Gasteiger partial charge is 0.155 e. The van der Waals surface area contributed by atoms with E-state index in [-0.39, 0.29) is 0 Å². The molecule has 0 aromatic carbocycles. The van der Waals surface area contributed by atoms with Gasteiger partial charge in [-0.15, -0.1) is 0 Å². The molecule has 3 rings (SSSR count). The van der Waals surface area contributed by atoms with E-state index >= 15 is 0 Å². The molecule has 0 heterocycles. The number of Topliss-reactive ketones (excluding diaryl/α,β-unsaturated/α-hetero) is 1. The van der Waals surface area contributed by atoms with Gasteiger partial charge in [0.15, 0.2) is 5.78 Å². The third-order valence-electron chi connectivity index (χ3n) is 6.39. The molecule has 4 unspecified atom stereocenters. The summed E-state index contributed by atoms with van der Waals surface area (Å²) in [4.78, 5) is 11.8. The molecule has 3 aliphatic rings. The Balaban J connectivity index is 2.09. The van der Waals surface area contributed by atoms with Crippen LogP contribution in [0.1, 0.15) is 53.4 Å². The van der Waals surface area contributed by atoms with Crippen molar-refractivity contribution in [3.8, 4) is 0 Å². The van der Waals surface area contributed by atoms with Crippen molar-refractivity contribution in [1.82, 2.24) is 0 Å². The van der Waals surface area contributed by atoms with Gasteiger partial charge in [0.1, 0.15) is 0 Å². The molecule has 0 aromatic rings. The van der Waals surface area contributed by atoms with Crippen LogP contribution in [0.25, 0.3) is 0 Å². The molecule has 3 aliphatic carbocycles. The van der Waals surface area contributed by atoms with Crippen LogP contribution in [0.2, 0.25) is 0 Å². The molecule has 94 valence electrons. The van der Waals surface area contributed by atoms with Gasteiger partial charge in [-0.1, -0.05) is 26.8 Å². The fourth-order valence-corrected chi connectivity index (χ4v) is 5.26. The van der Waals surface area contributed by atoms with Crippen LogP contribution in [0.5, 0.6) is 0 Å². The van der Waals surface area contributed by atoms with Gasteiger partial charge in [-0.2, -0.15) is 0 Å². The zero-order valence-electron chi connectivity index (χ0n) is 11.5. The van der Waals surface area contributed by atoms with Crippen molar-refractivity contribution in [1.29, 1.82) is 0 Å². The van der Waals surface area contributed by atoms with Gasteiger partial charge in [-0.25, -0.2) is 0 Å². The Hall–Kier alpha value is -0.590. The fraction of sp³-hybridized carbons (Fsp3) is 0.812. The molecular formula is C16H24O. The zero-order valence-corrected chi connectivity index (χ0v) is 11.5. The van der Waals surface area contributed by atoms with Crippen LogP contribution >= 0.6 is 0 Å². The molecule has 2 fully saturated rings. The average molecular weight is 232 g/mol. The van der Waals surface area contributed by atoms with Gasteiger partial charge in [0, 0.05) is 0 Å². The van der Waals surface area contributed by atoms with Crippen molar-refractivity contribution >= 4 is 5.78 Å². The van der Waals surface area contributed by atoms with Crippen molar-refractivity contribution in [3.05, 3.63) is 11.6 Å². The topological polar surface area (TPSA) is 17.1 Å². The molecule has 0 aromatic heterocycles. The molecular weight excluding hydrogens is 208 g/mol. The first kappa shape index (κ1) is 11.5. The first-order valence-electron chi connectivity index (χ1n) is 7.09. The Morgan fingerprint density at radius 3 is 2.71 bits per heavy atom. The second kappa shape index (κ2) is 3.24. The number of allylic oxidation sites excluding steroid dienone is 2. The first-order chi connectivity index (χ1) is 7.88. The van der Waals surface area contributed by atoms with Gasteiger partial charge in [-0.05, 0) is 66.8 Å². The molecule has 1 spiro atoms. The van der Waals surface area contributed by atoms with Crippen molar-refractivity contribution < 1.29 is 4.79 Å². The quantitative estimate of drug-likeness (QED) is 0.668. The summed E-state index contributed by atoms with van der Waals surface area (Å²) >= 11 is 0. The largest absolute Gasteiger partial charge is 0.295 e. The highest BCUT2D eigenvalue weighted by Crippen LogP contribution is 2.70. The van der Waals surface area contributed by atoms with Crippen molar-refractivity contribution in [2.45, 2.75) is 53.4 Å². The van der Waals surface area contributed by atoms with Gasteiger partial charge in [0.25, 0.3) is 0 Å². The summed E-state index contributed by atoms with van der Waals surface area (Å²) in [5.41, 5.74) is 2.00. The molecule has 1 heteroatoms. The first-order valence-corrected chi connectivity index (χ1v) is 7.09. The van der Waals surface area contributed by atoms with Crippen LogP contribution in [0.4, 0.5) is 0 Å². The van der Waals surface area contributed by atoms with E-state index in [0.717, 1.165) is 23.8 Å². The van der Waals surface area contributed by atoms with E-state index in [4.69, 9.17) is 0 Å². The standard InChI is InChI=1S/C16H24O/c1-10-5-6-14-15(3,4)13-7-12(11(2)17)8-16(10,14)9-13/h7,10,13-14H,5-6,8-9H2,1-4H3. The molecule has 0 saturated heterocycles. The SMILES string of the molecule is CC(=O)C1=CC2CC3(C1)C(C)CCC3C2(C)C. The maximum Gasteiger partial charge on any atom is 0.155 e.